The zero-order chi connectivity index (χ0) is 26.4. The van der Waals surface area contributed by atoms with Crippen molar-refractivity contribution in [3.8, 4) is 0 Å². The van der Waals surface area contributed by atoms with Gasteiger partial charge in [0, 0.05) is 18.4 Å². The number of hydrogen-bond acceptors (Lipinski definition) is 6. The summed E-state index contributed by atoms with van der Waals surface area (Å²) in [6.45, 7) is 3.86. The summed E-state index contributed by atoms with van der Waals surface area (Å²) in [7, 11) is 1.79. The van der Waals surface area contributed by atoms with Crippen molar-refractivity contribution in [3.63, 3.8) is 0 Å². The van der Waals surface area contributed by atoms with Gasteiger partial charge in [-0.2, -0.15) is 9.49 Å². The van der Waals surface area contributed by atoms with Crippen LogP contribution in [0.15, 0.2) is 76.6 Å². The van der Waals surface area contributed by atoms with E-state index < -0.39 is 5.95 Å². The molecule has 194 valence electrons. The minimum absolute atomic E-state index is 0.118. The summed E-state index contributed by atoms with van der Waals surface area (Å²) in [5.74, 6) is 1.39. The number of aromatic nitrogens is 2. The van der Waals surface area contributed by atoms with Gasteiger partial charge in [-0.1, -0.05) is 42.5 Å². The van der Waals surface area contributed by atoms with Gasteiger partial charge >= 0.3 is 0 Å². The summed E-state index contributed by atoms with van der Waals surface area (Å²) in [4.78, 5) is 26.4. The van der Waals surface area contributed by atoms with Gasteiger partial charge in [0.1, 0.15) is 11.4 Å². The van der Waals surface area contributed by atoms with E-state index in [2.05, 4.69) is 15.2 Å². The molecule has 1 saturated carbocycles. The first-order valence-corrected chi connectivity index (χ1v) is 13.0. The Labute approximate surface area is 221 Å². The smallest absolute Gasteiger partial charge is 0.267 e. The van der Waals surface area contributed by atoms with Gasteiger partial charge in [0.05, 0.1) is 18.6 Å². The van der Waals surface area contributed by atoms with E-state index in [0.29, 0.717) is 35.4 Å². The van der Waals surface area contributed by atoms with E-state index in [9.17, 15) is 9.18 Å². The molecule has 1 aromatic heterocycles. The summed E-state index contributed by atoms with van der Waals surface area (Å²) in [6.07, 6.45) is 4.52. The number of anilines is 3. The molecule has 0 spiro atoms. The van der Waals surface area contributed by atoms with Crippen molar-refractivity contribution < 1.29 is 9.18 Å². The number of fused-ring (bicyclic) bond motifs is 5. The van der Waals surface area contributed by atoms with Gasteiger partial charge in [-0.05, 0) is 62.4 Å². The van der Waals surface area contributed by atoms with Gasteiger partial charge < -0.3 is 5.32 Å². The van der Waals surface area contributed by atoms with Crippen LogP contribution in [-0.4, -0.2) is 51.4 Å². The van der Waals surface area contributed by atoms with Gasteiger partial charge in [-0.15, -0.1) is 0 Å². The first-order chi connectivity index (χ1) is 18.4. The molecule has 1 N–H and O–H groups in total. The molecule has 2 atom stereocenters. The van der Waals surface area contributed by atoms with E-state index in [1.165, 1.54) is 6.08 Å². The fourth-order valence-corrected chi connectivity index (χ4v) is 5.52. The number of para-hydroxylation sites is 1. The number of halogens is 1. The van der Waals surface area contributed by atoms with Crippen molar-refractivity contribution >= 4 is 34.9 Å². The summed E-state index contributed by atoms with van der Waals surface area (Å²) in [5, 5.41) is 8.48. The number of nitrogens with zero attached hydrogens (tertiary/aromatic N) is 6. The number of aliphatic imine (C=N–C) groups is 2. The third kappa shape index (κ3) is 4.08. The van der Waals surface area contributed by atoms with Gasteiger partial charge in [-0.25, -0.2) is 14.7 Å². The van der Waals surface area contributed by atoms with Crippen molar-refractivity contribution in [2.45, 2.75) is 51.7 Å². The molecule has 2 aliphatic heterocycles. The van der Waals surface area contributed by atoms with Crippen LogP contribution in [0.3, 0.4) is 0 Å². The molecule has 0 saturated heterocycles. The molecule has 3 heterocycles. The van der Waals surface area contributed by atoms with E-state index in [1.807, 2.05) is 59.3 Å². The van der Waals surface area contributed by atoms with E-state index in [4.69, 9.17) is 10.1 Å². The zero-order valence-corrected chi connectivity index (χ0v) is 21.7. The van der Waals surface area contributed by atoms with Crippen LogP contribution in [0, 0.1) is 0 Å². The van der Waals surface area contributed by atoms with Crippen LogP contribution in [0.25, 0.3) is 0 Å². The first-order valence-electron chi connectivity index (χ1n) is 13.0. The summed E-state index contributed by atoms with van der Waals surface area (Å²) in [5.41, 5.74) is 3.88. The van der Waals surface area contributed by atoms with Gasteiger partial charge in [-0.3, -0.25) is 14.6 Å². The summed E-state index contributed by atoms with van der Waals surface area (Å²) >= 11 is 0. The lowest BCUT2D eigenvalue weighted by atomic mass is 10.1. The third-order valence-corrected chi connectivity index (χ3v) is 7.51. The largest absolute Gasteiger partial charge is 0.340 e. The van der Waals surface area contributed by atoms with Crippen molar-refractivity contribution in [3.05, 3.63) is 83.3 Å². The Morgan fingerprint density at radius 1 is 1.16 bits per heavy atom. The highest BCUT2D eigenvalue weighted by Crippen LogP contribution is 2.43. The SMILES string of the molecule is C/C=C(/F)N=C(C)c1ccc(Cn2nc3c(c2Nc2ccccc2)C(=O)N(C)C2=N[C@@H]4CCC[C@@H]4N23)cc1. The lowest BCUT2D eigenvalue weighted by Crippen LogP contribution is -2.51. The Hall–Kier alpha value is -4.27. The maximum atomic E-state index is 13.7. The number of nitrogens with one attached hydrogen (secondary N) is 1. The van der Waals surface area contributed by atoms with Crippen LogP contribution in [0.4, 0.5) is 21.7 Å². The topological polar surface area (TPSA) is 78.1 Å². The van der Waals surface area contributed by atoms with E-state index >= 15 is 0 Å². The highest BCUT2D eigenvalue weighted by molar-refractivity contribution is 6.21. The van der Waals surface area contributed by atoms with Crippen LogP contribution in [-0.2, 0) is 6.54 Å². The molecule has 1 aliphatic carbocycles. The lowest BCUT2D eigenvalue weighted by molar-refractivity contribution is 0.0866. The molecule has 0 radical (unpaired) electrons. The van der Waals surface area contributed by atoms with Gasteiger partial charge in [0.15, 0.2) is 5.82 Å². The molecule has 3 aliphatic rings. The van der Waals surface area contributed by atoms with Crippen LogP contribution in [0.1, 0.15) is 54.6 Å². The van der Waals surface area contributed by atoms with Crippen LogP contribution in [0.2, 0.25) is 0 Å². The van der Waals surface area contributed by atoms with Crippen molar-refractivity contribution in [2.24, 2.45) is 9.98 Å². The van der Waals surface area contributed by atoms with Crippen LogP contribution in [0.5, 0.6) is 0 Å². The number of allylic oxidation sites excluding steroid dienone is 1. The first kappa shape index (κ1) is 24.1. The van der Waals surface area contributed by atoms with Crippen molar-refractivity contribution in [1.29, 1.82) is 0 Å². The quantitative estimate of drug-likeness (QED) is 0.350. The Bertz CT molecular complexity index is 1470. The fraction of sp³-hybridized carbons (Fsp3) is 0.310. The number of carbonyl (C=O) groups is 1. The minimum atomic E-state index is -0.505. The molecule has 3 aromatic rings. The second kappa shape index (κ2) is 9.55. The molecule has 9 heteroatoms. The van der Waals surface area contributed by atoms with Crippen molar-refractivity contribution in [1.82, 2.24) is 14.7 Å². The highest BCUT2D eigenvalue weighted by Gasteiger charge is 2.49. The fourth-order valence-electron chi connectivity index (χ4n) is 5.52. The number of carbonyl (C=O) groups excluding carboxylic acids is 1. The minimum Gasteiger partial charge on any atom is -0.340 e. The molecule has 8 nitrogen and oxygen atoms in total. The summed E-state index contributed by atoms with van der Waals surface area (Å²) in [6, 6.07) is 18.1. The Kier molecular flexibility index (Phi) is 6.06. The molecule has 1 amide bonds. The van der Waals surface area contributed by atoms with E-state index in [0.717, 1.165) is 36.1 Å². The Morgan fingerprint density at radius 2 is 1.92 bits per heavy atom. The maximum absolute atomic E-state index is 13.7. The highest BCUT2D eigenvalue weighted by atomic mass is 19.1. The Balaban J connectivity index is 1.40. The van der Waals surface area contributed by atoms with Crippen LogP contribution >= 0.6 is 0 Å². The second-order valence-electron chi connectivity index (χ2n) is 9.93. The molecule has 2 aromatic carbocycles. The molecule has 38 heavy (non-hydrogen) atoms. The standard InChI is InChI=1S/C29H30FN7O/c1-4-24(30)31-18(2)20-15-13-19(14-16-20)17-36-26(32-21-9-6-5-7-10-21)25-27(34-36)37-23-12-8-11-22(23)33-29(37)35(3)28(25)38/h4-7,9-10,13-16,22-23,32H,8,11-12,17H2,1-3H3/b24-4-,31-18?/t22-,23+/m1/s1. The maximum Gasteiger partial charge on any atom is 0.267 e. The molecular formula is C29H30FN7O. The summed E-state index contributed by atoms with van der Waals surface area (Å²) < 4.78 is 15.5. The molecule has 1 fully saturated rings. The zero-order valence-electron chi connectivity index (χ0n) is 21.7. The molecule has 0 unspecified atom stereocenters. The van der Waals surface area contributed by atoms with Crippen molar-refractivity contribution in [2.75, 3.05) is 17.3 Å². The normalized spacial score (nSPS) is 20.8. The average Bonchev–Trinajstić information content (AvgIpc) is 3.62. The van der Waals surface area contributed by atoms with Crippen LogP contribution < -0.4 is 10.2 Å². The molecular weight excluding hydrogens is 481 g/mol. The number of guanidine groups is 1. The molecule has 0 bridgehead atoms. The number of amides is 1. The predicted molar refractivity (Wildman–Crippen MR) is 148 cm³/mol. The third-order valence-electron chi connectivity index (χ3n) is 7.51. The van der Waals surface area contributed by atoms with Gasteiger partial charge in [0.25, 0.3) is 5.91 Å². The van der Waals surface area contributed by atoms with E-state index in [1.54, 1.807) is 25.8 Å². The number of hydrogen-bond donors (Lipinski definition) is 1. The predicted octanol–water partition coefficient (Wildman–Crippen LogP) is 5.50. The van der Waals surface area contributed by atoms with Gasteiger partial charge in [0.2, 0.25) is 11.9 Å². The number of rotatable bonds is 6. The monoisotopic (exact) mass is 511 g/mol. The second-order valence-corrected chi connectivity index (χ2v) is 9.93. The molecule has 6 rings (SSSR count). The average molecular weight is 512 g/mol. The number of benzene rings is 2. The lowest BCUT2D eigenvalue weighted by Gasteiger charge is -2.34. The Morgan fingerprint density at radius 3 is 2.66 bits per heavy atom. The van der Waals surface area contributed by atoms with E-state index in [-0.39, 0.29) is 18.0 Å².